The van der Waals surface area contributed by atoms with Crippen molar-refractivity contribution in [1.29, 1.82) is 0 Å². The molecule has 1 aliphatic carbocycles. The smallest absolute Gasteiger partial charge is 0.350 e. The van der Waals surface area contributed by atoms with Gasteiger partial charge in [0, 0.05) is 6.20 Å². The molecule has 1 atom stereocenters. The topological polar surface area (TPSA) is 60.9 Å². The summed E-state index contributed by atoms with van der Waals surface area (Å²) < 4.78 is 14.3. The molecule has 1 heterocycles. The molecule has 0 amide bonds. The number of nitrogens with two attached hydrogens (primary N) is 1. The number of hydrogen-bond donors (Lipinski definition) is 1. The first-order chi connectivity index (χ1) is 6.68. The van der Waals surface area contributed by atoms with E-state index in [1.165, 1.54) is 4.57 Å². The van der Waals surface area contributed by atoms with E-state index in [4.69, 9.17) is 5.73 Å². The normalized spacial score (nSPS) is 20.2. The van der Waals surface area contributed by atoms with E-state index in [2.05, 4.69) is 4.98 Å². The number of aromatic nitrogens is 2. The molecule has 0 spiro atoms. The molecule has 0 bridgehead atoms. The van der Waals surface area contributed by atoms with E-state index in [1.54, 1.807) is 0 Å². The van der Waals surface area contributed by atoms with Crippen LogP contribution >= 0.6 is 0 Å². The molecule has 4 nitrogen and oxygen atoms in total. The summed E-state index contributed by atoms with van der Waals surface area (Å²) >= 11 is 0. The minimum Gasteiger partial charge on any atom is -0.381 e. The molecule has 14 heavy (non-hydrogen) atoms. The van der Waals surface area contributed by atoms with Gasteiger partial charge in [-0.3, -0.25) is 4.57 Å². The van der Waals surface area contributed by atoms with E-state index in [-0.39, 0.29) is 11.9 Å². The molecule has 0 radical (unpaired) electrons. The highest BCUT2D eigenvalue weighted by atomic mass is 19.1. The van der Waals surface area contributed by atoms with Crippen molar-refractivity contribution in [3.8, 4) is 0 Å². The number of nitrogens with zero attached hydrogens (tertiary/aromatic N) is 2. The average molecular weight is 195 g/mol. The van der Waals surface area contributed by atoms with Crippen LogP contribution in [0.4, 0.5) is 10.2 Å². The third-order valence-corrected chi connectivity index (χ3v) is 2.28. The first-order valence-electron chi connectivity index (χ1n) is 4.39. The van der Waals surface area contributed by atoms with Crippen molar-refractivity contribution in [2.75, 3.05) is 5.73 Å². The van der Waals surface area contributed by atoms with Gasteiger partial charge in [-0.15, -0.1) is 0 Å². The van der Waals surface area contributed by atoms with E-state index < -0.39 is 11.5 Å². The van der Waals surface area contributed by atoms with Crippen LogP contribution in [0.2, 0.25) is 0 Å². The molecule has 0 aromatic carbocycles. The third-order valence-electron chi connectivity index (χ3n) is 2.28. The number of allylic oxidation sites excluding steroid dienone is 2. The molecule has 0 saturated carbocycles. The maximum atomic E-state index is 13.0. The lowest BCUT2D eigenvalue weighted by Gasteiger charge is -2.11. The van der Waals surface area contributed by atoms with Crippen LogP contribution in [-0.4, -0.2) is 9.55 Å². The molecule has 1 aromatic rings. The quantitative estimate of drug-likeness (QED) is 0.676. The number of anilines is 1. The van der Waals surface area contributed by atoms with Gasteiger partial charge in [-0.2, -0.15) is 4.98 Å². The Morgan fingerprint density at radius 1 is 1.64 bits per heavy atom. The zero-order valence-corrected chi connectivity index (χ0v) is 7.48. The number of halogens is 1. The number of nitrogen functional groups attached to an aromatic ring is 1. The second-order valence-corrected chi connectivity index (χ2v) is 3.24. The van der Waals surface area contributed by atoms with Gasteiger partial charge in [0.25, 0.3) is 0 Å². The van der Waals surface area contributed by atoms with Crippen molar-refractivity contribution in [2.45, 2.75) is 18.9 Å². The molecular formula is C9H10FN3O. The van der Waals surface area contributed by atoms with Crippen LogP contribution in [0, 0.1) is 5.82 Å². The van der Waals surface area contributed by atoms with Crippen molar-refractivity contribution in [3.63, 3.8) is 0 Å². The Balaban J connectivity index is 2.48. The molecule has 0 saturated heterocycles. The maximum Gasteiger partial charge on any atom is 0.350 e. The van der Waals surface area contributed by atoms with Crippen molar-refractivity contribution >= 4 is 5.82 Å². The van der Waals surface area contributed by atoms with Crippen LogP contribution in [0.15, 0.2) is 23.1 Å². The zero-order valence-electron chi connectivity index (χ0n) is 7.48. The van der Waals surface area contributed by atoms with Gasteiger partial charge >= 0.3 is 5.69 Å². The van der Waals surface area contributed by atoms with Gasteiger partial charge in [0.2, 0.25) is 0 Å². The molecule has 2 rings (SSSR count). The Kier molecular flexibility index (Phi) is 2.07. The van der Waals surface area contributed by atoms with Gasteiger partial charge in [0.15, 0.2) is 11.6 Å². The van der Waals surface area contributed by atoms with Crippen LogP contribution in [-0.2, 0) is 0 Å². The average Bonchev–Trinajstić information content (AvgIpc) is 2.64. The molecule has 0 aliphatic heterocycles. The summed E-state index contributed by atoms with van der Waals surface area (Å²) in [6, 6.07) is -0.0786. The summed E-state index contributed by atoms with van der Waals surface area (Å²) in [7, 11) is 0. The summed E-state index contributed by atoms with van der Waals surface area (Å²) in [6.07, 6.45) is 6.67. The maximum absolute atomic E-state index is 13.0. The predicted octanol–water partition coefficient (Wildman–Crippen LogP) is 0.856. The van der Waals surface area contributed by atoms with Crippen molar-refractivity contribution in [2.24, 2.45) is 0 Å². The summed E-state index contributed by atoms with van der Waals surface area (Å²) in [5.41, 5.74) is 4.67. The van der Waals surface area contributed by atoms with Crippen molar-refractivity contribution in [3.05, 3.63) is 34.7 Å². The first kappa shape index (κ1) is 8.93. The molecule has 1 aliphatic rings. The molecule has 5 heteroatoms. The lowest BCUT2D eigenvalue weighted by Crippen LogP contribution is -2.26. The molecule has 0 fully saturated rings. The standard InChI is InChI=1S/C9H10FN3O/c10-7-5-13(6-3-1-2-4-6)9(14)12-8(7)11/h1,3,5-6H,2,4H2,(H2,11,12,14)/t6-/m0/s1. The van der Waals surface area contributed by atoms with Gasteiger partial charge in [-0.25, -0.2) is 9.18 Å². The monoisotopic (exact) mass is 195 g/mol. The fourth-order valence-corrected chi connectivity index (χ4v) is 1.54. The van der Waals surface area contributed by atoms with Crippen LogP contribution in [0.1, 0.15) is 18.9 Å². The fourth-order valence-electron chi connectivity index (χ4n) is 1.54. The van der Waals surface area contributed by atoms with Gasteiger partial charge in [-0.05, 0) is 12.8 Å². The Bertz CT molecular complexity index is 438. The van der Waals surface area contributed by atoms with E-state index in [9.17, 15) is 9.18 Å². The van der Waals surface area contributed by atoms with Gasteiger partial charge < -0.3 is 5.73 Å². The molecule has 2 N–H and O–H groups in total. The Morgan fingerprint density at radius 2 is 2.43 bits per heavy atom. The fraction of sp³-hybridized carbons (Fsp3) is 0.333. The predicted molar refractivity (Wildman–Crippen MR) is 50.3 cm³/mol. The number of hydrogen-bond acceptors (Lipinski definition) is 3. The molecule has 1 aromatic heterocycles. The van der Waals surface area contributed by atoms with E-state index in [0.29, 0.717) is 0 Å². The van der Waals surface area contributed by atoms with Crippen LogP contribution < -0.4 is 11.4 Å². The lowest BCUT2D eigenvalue weighted by atomic mass is 10.2. The lowest BCUT2D eigenvalue weighted by molar-refractivity contribution is 0.522. The third kappa shape index (κ3) is 1.41. The second-order valence-electron chi connectivity index (χ2n) is 3.24. The van der Waals surface area contributed by atoms with Crippen molar-refractivity contribution < 1.29 is 4.39 Å². The molecular weight excluding hydrogens is 185 g/mol. The minimum absolute atomic E-state index is 0.0786. The van der Waals surface area contributed by atoms with Crippen molar-refractivity contribution in [1.82, 2.24) is 9.55 Å². The Labute approximate surface area is 79.9 Å². The van der Waals surface area contributed by atoms with E-state index in [0.717, 1.165) is 19.0 Å². The number of rotatable bonds is 1. The van der Waals surface area contributed by atoms with Gasteiger partial charge in [0.1, 0.15) is 0 Å². The van der Waals surface area contributed by atoms with Crippen LogP contribution in [0.25, 0.3) is 0 Å². The second kappa shape index (κ2) is 3.25. The van der Waals surface area contributed by atoms with E-state index in [1.807, 2.05) is 12.2 Å². The summed E-state index contributed by atoms with van der Waals surface area (Å²) in [5, 5.41) is 0. The van der Waals surface area contributed by atoms with Gasteiger partial charge in [0.05, 0.1) is 6.04 Å². The largest absolute Gasteiger partial charge is 0.381 e. The first-order valence-corrected chi connectivity index (χ1v) is 4.39. The van der Waals surface area contributed by atoms with Crippen LogP contribution in [0.5, 0.6) is 0 Å². The molecule has 0 unspecified atom stereocenters. The van der Waals surface area contributed by atoms with Crippen LogP contribution in [0.3, 0.4) is 0 Å². The highest BCUT2D eigenvalue weighted by Crippen LogP contribution is 2.21. The highest BCUT2D eigenvalue weighted by Gasteiger charge is 2.15. The van der Waals surface area contributed by atoms with Gasteiger partial charge in [-0.1, -0.05) is 12.2 Å². The zero-order chi connectivity index (χ0) is 10.1. The Morgan fingerprint density at radius 3 is 3.07 bits per heavy atom. The molecule has 74 valence electrons. The summed E-state index contributed by atoms with van der Waals surface area (Å²) in [6.45, 7) is 0. The SMILES string of the molecule is Nc1nc(=O)n([C@H]2C=CCC2)cc1F. The van der Waals surface area contributed by atoms with E-state index >= 15 is 0 Å². The summed E-state index contributed by atoms with van der Waals surface area (Å²) in [5.74, 6) is -0.988. The highest BCUT2D eigenvalue weighted by molar-refractivity contribution is 5.26. The summed E-state index contributed by atoms with van der Waals surface area (Å²) in [4.78, 5) is 14.7. The Hall–Kier alpha value is -1.65. The minimum atomic E-state index is -0.648.